The van der Waals surface area contributed by atoms with E-state index in [2.05, 4.69) is 174 Å². The van der Waals surface area contributed by atoms with E-state index in [0.717, 1.165) is 23.7 Å². The molecule has 58 heavy (non-hydrogen) atoms. The molecule has 0 N–H and O–H groups in total. The molecule has 6 aromatic rings. The molecule has 0 radical (unpaired) electrons. The highest BCUT2D eigenvalue weighted by molar-refractivity contribution is 5.95. The summed E-state index contributed by atoms with van der Waals surface area (Å²) in [6.45, 7) is 14.7. The number of benzene rings is 6. The van der Waals surface area contributed by atoms with Gasteiger partial charge in [0.2, 0.25) is 0 Å². The molecule has 1 heteroatoms. The predicted octanol–water partition coefficient (Wildman–Crippen LogP) is 14.8. The molecule has 2 bridgehead atoms. The van der Waals surface area contributed by atoms with Gasteiger partial charge in [0.15, 0.2) is 0 Å². The number of fused-ring (bicyclic) bond motifs is 12. The Balaban J connectivity index is 1.08. The van der Waals surface area contributed by atoms with Gasteiger partial charge in [0.25, 0.3) is 0 Å². The van der Waals surface area contributed by atoms with Crippen molar-refractivity contribution in [2.45, 2.75) is 102 Å². The van der Waals surface area contributed by atoms with Crippen LogP contribution in [0.25, 0.3) is 33.4 Å². The maximum atomic E-state index is 2.64. The number of anilines is 3. The molecular formula is C57H55N. The average Bonchev–Trinajstić information content (AvgIpc) is 3.92. The zero-order valence-electron chi connectivity index (χ0n) is 35.1. The van der Waals surface area contributed by atoms with Crippen LogP contribution in [0.4, 0.5) is 17.1 Å². The summed E-state index contributed by atoms with van der Waals surface area (Å²) in [6.07, 6.45) is 8.23. The maximum absolute atomic E-state index is 2.64. The van der Waals surface area contributed by atoms with Gasteiger partial charge in [-0.3, -0.25) is 0 Å². The summed E-state index contributed by atoms with van der Waals surface area (Å²) in [5, 5.41) is 0. The SMILES string of the molecule is CC1(C)CCC(C)(C)c2cc(N(c3cc(-c4ccccc4)c4c(c3)-c3ccccc3C43C4CC5CC6CC3C64C5)c3ccc4c(c3)C(C)(C)c3ccccc3-4)ccc21. The summed E-state index contributed by atoms with van der Waals surface area (Å²) >= 11 is 0. The molecule has 1 nitrogen and oxygen atoms in total. The molecule has 4 fully saturated rings. The van der Waals surface area contributed by atoms with E-state index < -0.39 is 0 Å². The van der Waals surface area contributed by atoms with Crippen molar-refractivity contribution in [3.05, 3.63) is 161 Å². The van der Waals surface area contributed by atoms with Crippen LogP contribution in [0.15, 0.2) is 127 Å². The standard InChI is InChI=1S/C57H55N/c1-53(2)24-25-54(3,4)49-32-38(21-23-47(49)53)58(37-20-22-42-40-16-10-12-18-45(40)55(5,6)48(42)31-37)39-29-43(35-14-8-7-9-15-35)52-44(30-39)41-17-11-13-19-46(41)57(52)50-27-34-26-36-28-51(57)56(36,50)33-34/h7-23,29-32,34,36,50-51H,24-28,33H2,1-6H3. The van der Waals surface area contributed by atoms with Crippen molar-refractivity contribution in [1.29, 1.82) is 0 Å². The van der Waals surface area contributed by atoms with Crippen molar-refractivity contribution >= 4 is 17.1 Å². The molecule has 6 aromatic carbocycles. The second-order valence-electron chi connectivity index (χ2n) is 21.6. The zero-order chi connectivity index (χ0) is 39.1. The van der Waals surface area contributed by atoms with Crippen LogP contribution in [-0.2, 0) is 21.7 Å². The van der Waals surface area contributed by atoms with Gasteiger partial charge in [-0.1, -0.05) is 133 Å². The van der Waals surface area contributed by atoms with Gasteiger partial charge in [-0.05, 0) is 182 Å². The number of rotatable bonds is 4. The van der Waals surface area contributed by atoms with Crippen LogP contribution in [-0.4, -0.2) is 0 Å². The van der Waals surface area contributed by atoms with Crippen LogP contribution in [0, 0.1) is 29.1 Å². The highest BCUT2D eigenvalue weighted by Crippen LogP contribution is 2.90. The molecule has 2 spiro atoms. The topological polar surface area (TPSA) is 3.24 Å². The van der Waals surface area contributed by atoms with Crippen LogP contribution in [0.2, 0.25) is 0 Å². The first-order valence-electron chi connectivity index (χ1n) is 22.5. The Hall–Kier alpha value is -4.88. The summed E-state index contributed by atoms with van der Waals surface area (Å²) in [6, 6.07) is 50.3. The van der Waals surface area contributed by atoms with E-state index in [-0.39, 0.29) is 21.7 Å². The fourth-order valence-electron chi connectivity index (χ4n) is 15.4. The van der Waals surface area contributed by atoms with Crippen molar-refractivity contribution in [3.63, 3.8) is 0 Å². The number of nitrogens with zero attached hydrogens (tertiary/aromatic N) is 1. The van der Waals surface area contributed by atoms with Crippen LogP contribution in [0.3, 0.4) is 0 Å². The molecule has 4 saturated carbocycles. The van der Waals surface area contributed by atoms with Crippen LogP contribution in [0.1, 0.15) is 113 Å². The smallest absolute Gasteiger partial charge is 0.0474 e. The van der Waals surface area contributed by atoms with Gasteiger partial charge in [-0.2, -0.15) is 0 Å². The second-order valence-corrected chi connectivity index (χ2v) is 21.6. The normalized spacial score (nSPS) is 29.7. The van der Waals surface area contributed by atoms with E-state index in [9.17, 15) is 0 Å². The zero-order valence-corrected chi connectivity index (χ0v) is 35.1. The van der Waals surface area contributed by atoms with Crippen LogP contribution in [0.5, 0.6) is 0 Å². The lowest BCUT2D eigenvalue weighted by molar-refractivity contribution is -0.231. The van der Waals surface area contributed by atoms with Crippen molar-refractivity contribution in [1.82, 2.24) is 0 Å². The molecule has 0 saturated heterocycles. The van der Waals surface area contributed by atoms with Gasteiger partial charge in [0, 0.05) is 27.9 Å². The van der Waals surface area contributed by atoms with Gasteiger partial charge < -0.3 is 4.90 Å². The Labute approximate surface area is 345 Å². The molecule has 0 amide bonds. The lowest BCUT2D eigenvalue weighted by atomic mass is 9.26. The summed E-state index contributed by atoms with van der Waals surface area (Å²) in [4.78, 5) is 2.64. The molecule has 0 heterocycles. The Morgan fingerprint density at radius 1 is 0.466 bits per heavy atom. The number of hydrogen-bond acceptors (Lipinski definition) is 1. The quantitative estimate of drug-likeness (QED) is 0.173. The third-order valence-corrected chi connectivity index (χ3v) is 18.0. The molecular weight excluding hydrogens is 699 g/mol. The molecule has 288 valence electrons. The van der Waals surface area contributed by atoms with Gasteiger partial charge in [0.05, 0.1) is 0 Å². The Morgan fingerprint density at radius 3 is 1.83 bits per heavy atom. The van der Waals surface area contributed by atoms with Gasteiger partial charge in [0.1, 0.15) is 0 Å². The minimum absolute atomic E-state index is 0.0879. The maximum Gasteiger partial charge on any atom is 0.0474 e. The molecule has 0 aliphatic heterocycles. The third-order valence-electron chi connectivity index (χ3n) is 18.0. The lowest BCUT2D eigenvalue weighted by Crippen LogP contribution is -2.73. The summed E-state index contributed by atoms with van der Waals surface area (Å²) in [7, 11) is 0. The summed E-state index contributed by atoms with van der Waals surface area (Å²) in [5.74, 6) is 3.42. The van der Waals surface area contributed by atoms with E-state index in [1.165, 1.54) is 111 Å². The van der Waals surface area contributed by atoms with E-state index >= 15 is 0 Å². The molecule has 0 aromatic heterocycles. The van der Waals surface area contributed by atoms with E-state index in [1.807, 2.05) is 0 Å². The monoisotopic (exact) mass is 753 g/mol. The predicted molar refractivity (Wildman–Crippen MR) is 240 cm³/mol. The lowest BCUT2D eigenvalue weighted by Gasteiger charge is -2.76. The minimum Gasteiger partial charge on any atom is -0.310 e. The molecule has 6 unspecified atom stereocenters. The second kappa shape index (κ2) is 10.8. The van der Waals surface area contributed by atoms with Crippen molar-refractivity contribution in [2.75, 3.05) is 4.90 Å². The Morgan fingerprint density at radius 2 is 1.07 bits per heavy atom. The van der Waals surface area contributed by atoms with E-state index in [1.54, 1.807) is 11.1 Å². The van der Waals surface area contributed by atoms with Crippen molar-refractivity contribution in [2.24, 2.45) is 29.1 Å². The molecule has 13 rings (SSSR count). The van der Waals surface area contributed by atoms with Gasteiger partial charge in [-0.15, -0.1) is 0 Å². The molecule has 7 aliphatic rings. The summed E-state index contributed by atoms with van der Waals surface area (Å²) < 4.78 is 0. The average molecular weight is 754 g/mol. The summed E-state index contributed by atoms with van der Waals surface area (Å²) in [5.41, 5.74) is 22.3. The fraction of sp³-hybridized carbons (Fsp3) is 0.368. The largest absolute Gasteiger partial charge is 0.310 e. The molecule has 7 aliphatic carbocycles. The van der Waals surface area contributed by atoms with Gasteiger partial charge >= 0.3 is 0 Å². The van der Waals surface area contributed by atoms with Crippen LogP contribution < -0.4 is 4.90 Å². The fourth-order valence-corrected chi connectivity index (χ4v) is 15.4. The Kier molecular flexibility index (Phi) is 6.36. The first kappa shape index (κ1) is 34.0. The Bertz CT molecular complexity index is 2760. The van der Waals surface area contributed by atoms with Crippen molar-refractivity contribution in [3.8, 4) is 33.4 Å². The van der Waals surface area contributed by atoms with Crippen molar-refractivity contribution < 1.29 is 0 Å². The van der Waals surface area contributed by atoms with E-state index in [0.29, 0.717) is 5.41 Å². The molecule has 6 atom stereocenters. The first-order chi connectivity index (χ1) is 27.9. The third kappa shape index (κ3) is 3.91. The van der Waals surface area contributed by atoms with E-state index in [4.69, 9.17) is 0 Å². The number of hydrogen-bond donors (Lipinski definition) is 0. The minimum atomic E-state index is -0.0879. The highest BCUT2D eigenvalue weighted by Gasteiger charge is 2.84. The van der Waals surface area contributed by atoms with Gasteiger partial charge in [-0.25, -0.2) is 0 Å². The highest BCUT2D eigenvalue weighted by atomic mass is 15.1. The van der Waals surface area contributed by atoms with Crippen LogP contribution >= 0.6 is 0 Å². The first-order valence-corrected chi connectivity index (χ1v) is 22.5.